The molecule has 1 N–H and O–H groups in total. The molecule has 1 aromatic carbocycles. The van der Waals surface area contributed by atoms with Crippen LogP contribution in [0.3, 0.4) is 0 Å². The first kappa shape index (κ1) is 14.6. The van der Waals surface area contributed by atoms with Crippen molar-refractivity contribution in [3.63, 3.8) is 0 Å². The molecule has 0 spiro atoms. The van der Waals surface area contributed by atoms with E-state index in [1.165, 1.54) is 24.3 Å². The summed E-state index contributed by atoms with van der Waals surface area (Å²) in [5, 5.41) is 8.23. The fourth-order valence-corrected chi connectivity index (χ4v) is 1.67. The Hall–Kier alpha value is -0.400. The van der Waals surface area contributed by atoms with Gasteiger partial charge in [-0.2, -0.15) is 8.42 Å². The molecule has 0 bridgehead atoms. The van der Waals surface area contributed by atoms with Gasteiger partial charge in [-0.25, -0.2) is 4.79 Å². The number of benzene rings is 1. The third kappa shape index (κ3) is 4.76. The molecule has 0 unspecified atom stereocenters. The molecule has 0 heterocycles. The van der Waals surface area contributed by atoms with Gasteiger partial charge in [0, 0.05) is 0 Å². The zero-order valence-corrected chi connectivity index (χ0v) is 7.90. The van der Waals surface area contributed by atoms with E-state index in [9.17, 15) is 13.2 Å². The van der Waals surface area contributed by atoms with Crippen molar-refractivity contribution in [2.75, 3.05) is 6.61 Å². The van der Waals surface area contributed by atoms with E-state index in [0.29, 0.717) is 0 Å². The van der Waals surface area contributed by atoms with E-state index in [0.717, 1.165) is 0 Å². The minimum absolute atomic E-state index is 0. The fourth-order valence-electron chi connectivity index (χ4n) is 0.783. The van der Waals surface area contributed by atoms with Crippen molar-refractivity contribution in [2.24, 2.45) is 0 Å². The van der Waals surface area contributed by atoms with Crippen molar-refractivity contribution in [1.82, 2.24) is 0 Å². The first-order valence-electron chi connectivity index (χ1n) is 3.68. The molecule has 5 nitrogen and oxygen atoms in total. The van der Waals surface area contributed by atoms with Crippen LogP contribution < -0.4 is 0 Å². The third-order valence-electron chi connectivity index (χ3n) is 1.37. The summed E-state index contributed by atoms with van der Waals surface area (Å²) in [7, 11) is -3.94. The van der Waals surface area contributed by atoms with Crippen molar-refractivity contribution in [2.45, 2.75) is 4.90 Å². The number of carboxylic acid groups (broad SMARTS) is 1. The van der Waals surface area contributed by atoms with Crippen LogP contribution in [0, 0.1) is 0 Å². The molecular weight excluding hydrogens is 231 g/mol. The number of rotatable bonds is 4. The first-order chi connectivity index (χ1) is 6.52. The second-order valence-electron chi connectivity index (χ2n) is 2.42. The summed E-state index contributed by atoms with van der Waals surface area (Å²) in [5.41, 5.74) is 0. The molecule has 0 radical (unpaired) electrons. The Morgan fingerprint density at radius 2 is 1.80 bits per heavy atom. The number of carbonyl (C=O) groups is 1. The van der Waals surface area contributed by atoms with Gasteiger partial charge < -0.3 is 5.11 Å². The molecule has 0 aliphatic rings. The molecule has 7 heteroatoms. The minimum atomic E-state index is -3.94. The quantitative estimate of drug-likeness (QED) is 0.583. The summed E-state index contributed by atoms with van der Waals surface area (Å²) in [6.07, 6.45) is 0. The van der Waals surface area contributed by atoms with Gasteiger partial charge in [0.05, 0.1) is 4.90 Å². The van der Waals surface area contributed by atoms with Gasteiger partial charge >= 0.3 is 35.5 Å². The van der Waals surface area contributed by atoms with Crippen molar-refractivity contribution in [3.8, 4) is 0 Å². The van der Waals surface area contributed by atoms with Crippen LogP contribution in [0.25, 0.3) is 0 Å². The molecular formula is C8H9NaO5S. The van der Waals surface area contributed by atoms with Crippen molar-refractivity contribution in [1.29, 1.82) is 0 Å². The molecule has 78 valence electrons. The van der Waals surface area contributed by atoms with E-state index >= 15 is 0 Å². The molecule has 0 atom stereocenters. The molecule has 0 fully saturated rings. The van der Waals surface area contributed by atoms with Gasteiger partial charge in [-0.15, -0.1) is 0 Å². The van der Waals surface area contributed by atoms with E-state index < -0.39 is 22.7 Å². The van der Waals surface area contributed by atoms with Crippen molar-refractivity contribution < 1.29 is 22.5 Å². The van der Waals surface area contributed by atoms with Gasteiger partial charge in [-0.05, 0) is 12.1 Å². The maximum absolute atomic E-state index is 11.3. The summed E-state index contributed by atoms with van der Waals surface area (Å²) in [5.74, 6) is -1.33. The summed E-state index contributed by atoms with van der Waals surface area (Å²) < 4.78 is 26.8. The molecule has 15 heavy (non-hydrogen) atoms. The van der Waals surface area contributed by atoms with Gasteiger partial charge in [0.2, 0.25) is 0 Å². The zero-order chi connectivity index (χ0) is 10.6. The average Bonchev–Trinajstić information content (AvgIpc) is 2.16. The summed E-state index contributed by atoms with van der Waals surface area (Å²) in [6.45, 7) is -0.864. The molecule has 1 rings (SSSR count). The maximum atomic E-state index is 11.3. The first-order valence-corrected chi connectivity index (χ1v) is 5.09. The fraction of sp³-hybridized carbons (Fsp3) is 0.125. The Morgan fingerprint density at radius 1 is 1.27 bits per heavy atom. The van der Waals surface area contributed by atoms with Crippen LogP contribution in [0.2, 0.25) is 0 Å². The van der Waals surface area contributed by atoms with E-state index in [1.807, 2.05) is 0 Å². The summed E-state index contributed by atoms with van der Waals surface area (Å²) >= 11 is 0. The Bertz CT molecular complexity index is 414. The number of carboxylic acids is 1. The standard InChI is InChI=1S/C8H8O5S.Na.H/c9-8(10)6-13-14(11,12)7-4-2-1-3-5-7;;/h1-5H,6H2,(H,9,10);;. The van der Waals surface area contributed by atoms with E-state index in [2.05, 4.69) is 4.18 Å². The van der Waals surface area contributed by atoms with Crippen LogP contribution in [0.4, 0.5) is 0 Å². The van der Waals surface area contributed by atoms with Crippen LogP contribution in [-0.4, -0.2) is 55.7 Å². The number of hydrogen-bond donors (Lipinski definition) is 1. The molecule has 0 aliphatic heterocycles. The molecule has 1 aromatic rings. The average molecular weight is 240 g/mol. The SMILES string of the molecule is O=C(O)COS(=O)(=O)c1ccccc1.[NaH]. The molecule has 0 aromatic heterocycles. The molecule has 0 saturated heterocycles. The van der Waals surface area contributed by atoms with Gasteiger partial charge in [0.15, 0.2) is 6.61 Å². The Balaban J connectivity index is 0.00000196. The Kier molecular flexibility index (Phi) is 6.07. The van der Waals surface area contributed by atoms with Crippen LogP contribution >= 0.6 is 0 Å². The predicted molar refractivity (Wildman–Crippen MR) is 54.4 cm³/mol. The van der Waals surface area contributed by atoms with Crippen molar-refractivity contribution >= 4 is 45.6 Å². The molecule has 0 saturated carbocycles. The molecule has 0 amide bonds. The van der Waals surface area contributed by atoms with Crippen LogP contribution in [0.5, 0.6) is 0 Å². The van der Waals surface area contributed by atoms with E-state index in [4.69, 9.17) is 5.11 Å². The van der Waals surface area contributed by atoms with Gasteiger partial charge in [-0.1, -0.05) is 18.2 Å². The number of aliphatic carboxylic acids is 1. The van der Waals surface area contributed by atoms with Crippen molar-refractivity contribution in [3.05, 3.63) is 30.3 Å². The molecule has 0 aliphatic carbocycles. The number of hydrogen-bond acceptors (Lipinski definition) is 4. The normalized spacial score (nSPS) is 10.4. The Labute approximate surface area is 109 Å². The monoisotopic (exact) mass is 240 g/mol. The van der Waals surface area contributed by atoms with E-state index in [1.54, 1.807) is 6.07 Å². The third-order valence-corrected chi connectivity index (χ3v) is 2.65. The predicted octanol–water partition coefficient (Wildman–Crippen LogP) is -0.172. The second-order valence-corrected chi connectivity index (χ2v) is 4.04. The Morgan fingerprint density at radius 3 is 2.27 bits per heavy atom. The van der Waals surface area contributed by atoms with Gasteiger partial charge in [-0.3, -0.25) is 4.18 Å². The van der Waals surface area contributed by atoms with Crippen LogP contribution in [-0.2, 0) is 19.1 Å². The zero-order valence-electron chi connectivity index (χ0n) is 7.08. The van der Waals surface area contributed by atoms with Gasteiger partial charge in [0.1, 0.15) is 0 Å². The van der Waals surface area contributed by atoms with Gasteiger partial charge in [0.25, 0.3) is 10.1 Å². The summed E-state index contributed by atoms with van der Waals surface area (Å²) in [4.78, 5) is 10.0. The second kappa shape index (κ2) is 6.24. The van der Waals surface area contributed by atoms with E-state index in [-0.39, 0.29) is 34.5 Å². The summed E-state index contributed by atoms with van der Waals surface area (Å²) in [6, 6.07) is 7.36. The van der Waals surface area contributed by atoms with Crippen LogP contribution in [0.15, 0.2) is 35.2 Å². The van der Waals surface area contributed by atoms with Crippen LogP contribution in [0.1, 0.15) is 0 Å². The topological polar surface area (TPSA) is 80.7 Å².